The Bertz CT molecular complexity index is 110. The van der Waals surface area contributed by atoms with Gasteiger partial charge < -0.3 is 10.2 Å². The summed E-state index contributed by atoms with van der Waals surface area (Å²) in [5.41, 5.74) is 0. The summed E-state index contributed by atoms with van der Waals surface area (Å²) >= 11 is 0. The molecule has 0 aliphatic carbocycles. The average Bonchev–Trinajstić information content (AvgIpc) is 1.97. The van der Waals surface area contributed by atoms with E-state index in [-0.39, 0.29) is 13.2 Å². The lowest BCUT2D eigenvalue weighted by atomic mass is 10.2. The Morgan fingerprint density at radius 1 is 0.900 bits per heavy atom. The molecule has 0 aliphatic heterocycles. The summed E-state index contributed by atoms with van der Waals surface area (Å²) in [5.74, 6) is 5.38. The van der Waals surface area contributed by atoms with Crippen molar-refractivity contribution in [2.75, 3.05) is 13.2 Å². The van der Waals surface area contributed by atoms with Crippen molar-refractivity contribution in [3.05, 3.63) is 0 Å². The molecule has 0 amide bonds. The van der Waals surface area contributed by atoms with Gasteiger partial charge in [0.1, 0.15) is 6.61 Å². The van der Waals surface area contributed by atoms with Crippen molar-refractivity contribution in [3.8, 4) is 11.8 Å². The summed E-state index contributed by atoms with van der Waals surface area (Å²) in [4.78, 5) is 0. The third kappa shape index (κ3) is 7.48. The molecule has 0 unspecified atom stereocenters. The first-order valence-corrected chi connectivity index (χ1v) is 3.59. The van der Waals surface area contributed by atoms with Crippen LogP contribution in [0.5, 0.6) is 0 Å². The van der Waals surface area contributed by atoms with Crippen LogP contribution in [-0.4, -0.2) is 23.4 Å². The summed E-state index contributed by atoms with van der Waals surface area (Å²) in [6, 6.07) is 0. The van der Waals surface area contributed by atoms with E-state index in [1.165, 1.54) is 0 Å². The lowest BCUT2D eigenvalue weighted by Crippen LogP contribution is -1.82. The molecule has 0 saturated heterocycles. The summed E-state index contributed by atoms with van der Waals surface area (Å²) < 4.78 is 0. The molecule has 0 saturated carbocycles. The minimum absolute atomic E-state index is 0.0417. The average molecular weight is 142 g/mol. The van der Waals surface area contributed by atoms with E-state index in [9.17, 15) is 0 Å². The number of hydrogen-bond donors (Lipinski definition) is 2. The van der Waals surface area contributed by atoms with Crippen LogP contribution in [0.3, 0.4) is 0 Å². The van der Waals surface area contributed by atoms with E-state index >= 15 is 0 Å². The van der Waals surface area contributed by atoms with E-state index in [1.54, 1.807) is 0 Å². The van der Waals surface area contributed by atoms with Crippen LogP contribution in [0.4, 0.5) is 0 Å². The predicted octanol–water partition coefficient (Wildman–Crippen LogP) is 0.535. The Hall–Kier alpha value is -0.520. The quantitative estimate of drug-likeness (QED) is 0.444. The fourth-order valence-electron chi connectivity index (χ4n) is 0.646. The standard InChI is InChI=1S/C8H14O2/c9-7-5-3-1-2-4-6-8-10/h9-10H,1-3,5,7-8H2. The largest absolute Gasteiger partial charge is 0.396 e. The molecular formula is C8H14O2. The normalized spacial score (nSPS) is 8.60. The molecule has 0 heterocycles. The Morgan fingerprint density at radius 2 is 1.70 bits per heavy atom. The highest BCUT2D eigenvalue weighted by atomic mass is 16.3. The van der Waals surface area contributed by atoms with Crippen LogP contribution in [0.2, 0.25) is 0 Å². The van der Waals surface area contributed by atoms with Crippen molar-refractivity contribution < 1.29 is 10.2 Å². The second-order valence-electron chi connectivity index (χ2n) is 2.05. The second-order valence-corrected chi connectivity index (χ2v) is 2.05. The van der Waals surface area contributed by atoms with Gasteiger partial charge in [-0.2, -0.15) is 0 Å². The number of aliphatic hydroxyl groups is 2. The lowest BCUT2D eigenvalue weighted by molar-refractivity contribution is 0.283. The predicted molar refractivity (Wildman–Crippen MR) is 40.4 cm³/mol. The van der Waals surface area contributed by atoms with Gasteiger partial charge in [-0.15, -0.1) is 5.92 Å². The number of rotatable bonds is 4. The Balaban J connectivity index is 2.90. The molecule has 0 aromatic rings. The first kappa shape index (κ1) is 9.48. The van der Waals surface area contributed by atoms with E-state index in [4.69, 9.17) is 10.2 Å². The molecule has 0 aliphatic rings. The monoisotopic (exact) mass is 142 g/mol. The third-order valence-electron chi connectivity index (χ3n) is 1.16. The zero-order valence-corrected chi connectivity index (χ0v) is 6.14. The van der Waals surface area contributed by atoms with Crippen molar-refractivity contribution in [2.45, 2.75) is 25.7 Å². The van der Waals surface area contributed by atoms with Gasteiger partial charge in [0.05, 0.1) is 0 Å². The topological polar surface area (TPSA) is 40.5 Å². The van der Waals surface area contributed by atoms with Gasteiger partial charge in [0, 0.05) is 13.0 Å². The molecule has 0 bridgehead atoms. The Kier molecular flexibility index (Phi) is 8.04. The number of unbranched alkanes of at least 4 members (excludes halogenated alkanes) is 3. The van der Waals surface area contributed by atoms with Gasteiger partial charge in [0.2, 0.25) is 0 Å². The van der Waals surface area contributed by atoms with Crippen molar-refractivity contribution in [1.29, 1.82) is 0 Å². The maximum absolute atomic E-state index is 8.39. The smallest absolute Gasteiger partial charge is 0.104 e. The van der Waals surface area contributed by atoms with Gasteiger partial charge in [-0.05, 0) is 12.8 Å². The van der Waals surface area contributed by atoms with Gasteiger partial charge in [0.25, 0.3) is 0 Å². The van der Waals surface area contributed by atoms with Crippen LogP contribution in [-0.2, 0) is 0 Å². The van der Waals surface area contributed by atoms with Gasteiger partial charge in [0.15, 0.2) is 0 Å². The minimum Gasteiger partial charge on any atom is -0.396 e. The summed E-state index contributed by atoms with van der Waals surface area (Å²) in [6.45, 7) is 0.230. The molecule has 0 spiro atoms. The zero-order chi connectivity index (χ0) is 7.66. The SMILES string of the molecule is OCC#CCCCCCO. The highest BCUT2D eigenvalue weighted by molar-refractivity contribution is 4.98. The summed E-state index contributed by atoms with van der Waals surface area (Å²) in [5, 5.41) is 16.6. The van der Waals surface area contributed by atoms with Crippen molar-refractivity contribution in [1.82, 2.24) is 0 Å². The third-order valence-corrected chi connectivity index (χ3v) is 1.16. The molecule has 0 aromatic heterocycles. The molecule has 0 radical (unpaired) electrons. The van der Waals surface area contributed by atoms with Crippen LogP contribution < -0.4 is 0 Å². The molecule has 2 N–H and O–H groups in total. The molecular weight excluding hydrogens is 128 g/mol. The molecule has 0 aromatic carbocycles. The molecule has 10 heavy (non-hydrogen) atoms. The molecule has 0 atom stereocenters. The summed E-state index contributed by atoms with van der Waals surface area (Å²) in [7, 11) is 0. The Morgan fingerprint density at radius 3 is 2.30 bits per heavy atom. The Labute approximate surface area is 61.9 Å². The van der Waals surface area contributed by atoms with Crippen LogP contribution in [0.25, 0.3) is 0 Å². The first-order chi connectivity index (χ1) is 4.91. The van der Waals surface area contributed by atoms with E-state index in [2.05, 4.69) is 11.8 Å². The number of aliphatic hydroxyl groups excluding tert-OH is 2. The maximum Gasteiger partial charge on any atom is 0.104 e. The van der Waals surface area contributed by atoms with Crippen LogP contribution in [0, 0.1) is 11.8 Å². The molecule has 58 valence electrons. The fourth-order valence-corrected chi connectivity index (χ4v) is 0.646. The van der Waals surface area contributed by atoms with Gasteiger partial charge in [-0.1, -0.05) is 12.3 Å². The zero-order valence-electron chi connectivity index (χ0n) is 6.14. The minimum atomic E-state index is -0.0417. The highest BCUT2D eigenvalue weighted by Crippen LogP contribution is 1.96. The molecule has 0 rings (SSSR count). The molecule has 0 fully saturated rings. The van der Waals surface area contributed by atoms with E-state index in [0.29, 0.717) is 0 Å². The van der Waals surface area contributed by atoms with Crippen molar-refractivity contribution >= 4 is 0 Å². The first-order valence-electron chi connectivity index (χ1n) is 3.59. The molecule has 2 heteroatoms. The van der Waals surface area contributed by atoms with Crippen molar-refractivity contribution in [3.63, 3.8) is 0 Å². The second kappa shape index (κ2) is 8.48. The van der Waals surface area contributed by atoms with Gasteiger partial charge >= 0.3 is 0 Å². The molecule has 2 nitrogen and oxygen atoms in total. The summed E-state index contributed by atoms with van der Waals surface area (Å²) in [6.07, 6.45) is 3.74. The van der Waals surface area contributed by atoms with Crippen molar-refractivity contribution in [2.24, 2.45) is 0 Å². The maximum atomic E-state index is 8.39. The van der Waals surface area contributed by atoms with E-state index in [0.717, 1.165) is 25.7 Å². The van der Waals surface area contributed by atoms with Gasteiger partial charge in [-0.3, -0.25) is 0 Å². The van der Waals surface area contributed by atoms with Crippen LogP contribution in [0.15, 0.2) is 0 Å². The van der Waals surface area contributed by atoms with Gasteiger partial charge in [-0.25, -0.2) is 0 Å². The van der Waals surface area contributed by atoms with E-state index < -0.39 is 0 Å². The van der Waals surface area contributed by atoms with E-state index in [1.807, 2.05) is 0 Å². The van der Waals surface area contributed by atoms with Crippen LogP contribution in [0.1, 0.15) is 25.7 Å². The highest BCUT2D eigenvalue weighted by Gasteiger charge is 1.83. The fraction of sp³-hybridized carbons (Fsp3) is 0.750. The number of hydrogen-bond acceptors (Lipinski definition) is 2. The van der Waals surface area contributed by atoms with Crippen LogP contribution >= 0.6 is 0 Å². The lowest BCUT2D eigenvalue weighted by Gasteiger charge is -1.90.